The minimum atomic E-state index is -0.282. The molecule has 0 fully saturated rings. The summed E-state index contributed by atoms with van der Waals surface area (Å²) in [6.45, 7) is 6.27. The van der Waals surface area contributed by atoms with E-state index >= 15 is 0 Å². The van der Waals surface area contributed by atoms with Gasteiger partial charge in [0, 0.05) is 17.4 Å². The van der Waals surface area contributed by atoms with E-state index in [1.807, 2.05) is 0 Å². The third-order valence-corrected chi connectivity index (χ3v) is 3.20. The summed E-state index contributed by atoms with van der Waals surface area (Å²) < 4.78 is 19.2. The smallest absolute Gasteiger partial charge is 0.130 e. The van der Waals surface area contributed by atoms with E-state index in [0.717, 1.165) is 11.1 Å². The Morgan fingerprint density at radius 3 is 2.84 bits per heavy atom. The molecule has 1 heterocycles. The molecule has 0 amide bonds. The predicted molar refractivity (Wildman–Crippen MR) is 73.6 cm³/mol. The monoisotopic (exact) mass is 262 g/mol. The number of ketones is 1. The quantitative estimate of drug-likeness (QED) is 0.823. The Balaban J connectivity index is 2.42. The maximum atomic E-state index is 13.4. The van der Waals surface area contributed by atoms with Crippen molar-refractivity contribution < 1.29 is 13.9 Å². The van der Waals surface area contributed by atoms with E-state index in [0.29, 0.717) is 25.2 Å². The average molecular weight is 262 g/mol. The lowest BCUT2D eigenvalue weighted by molar-refractivity contribution is -0.116. The first-order valence-corrected chi connectivity index (χ1v) is 6.51. The Labute approximate surface area is 113 Å². The van der Waals surface area contributed by atoms with Gasteiger partial charge in [0.05, 0.1) is 6.61 Å². The largest absolute Gasteiger partial charge is 0.492 e. The second-order valence-corrected chi connectivity index (χ2v) is 5.79. The maximum absolute atomic E-state index is 13.4. The molecule has 102 valence electrons. The van der Waals surface area contributed by atoms with E-state index in [9.17, 15) is 9.18 Å². The van der Waals surface area contributed by atoms with Crippen molar-refractivity contribution in [1.82, 2.24) is 0 Å². The number of halogens is 1. The van der Waals surface area contributed by atoms with Crippen LogP contribution in [0.25, 0.3) is 5.57 Å². The number of hydrogen-bond acceptors (Lipinski definition) is 2. The highest BCUT2D eigenvalue weighted by molar-refractivity contribution is 5.80. The number of allylic oxidation sites excluding steroid dienone is 1. The molecule has 0 bridgehead atoms. The van der Waals surface area contributed by atoms with Gasteiger partial charge in [-0.1, -0.05) is 19.9 Å². The molecule has 0 spiro atoms. The van der Waals surface area contributed by atoms with Gasteiger partial charge in [-0.05, 0) is 37.1 Å². The molecule has 1 aliphatic heterocycles. The fourth-order valence-corrected chi connectivity index (χ4v) is 2.25. The van der Waals surface area contributed by atoms with E-state index in [2.05, 4.69) is 19.9 Å². The van der Waals surface area contributed by atoms with Gasteiger partial charge in [-0.3, -0.25) is 0 Å². The highest BCUT2D eigenvalue weighted by Gasteiger charge is 2.24. The minimum Gasteiger partial charge on any atom is -0.492 e. The maximum Gasteiger partial charge on any atom is 0.130 e. The highest BCUT2D eigenvalue weighted by Crippen LogP contribution is 2.37. The Bertz CT molecular complexity index is 530. The molecule has 0 unspecified atom stereocenters. The van der Waals surface area contributed by atoms with Crippen LogP contribution in [0, 0.1) is 11.2 Å². The summed E-state index contributed by atoms with van der Waals surface area (Å²) in [6.07, 6.45) is 3.19. The predicted octanol–water partition coefficient (Wildman–Crippen LogP) is 4.00. The number of benzene rings is 1. The SMILES string of the molecule is CC(=O)CCC1=CC(C)(C)COc2ccc(F)cc21. The van der Waals surface area contributed by atoms with E-state index in [-0.39, 0.29) is 17.0 Å². The lowest BCUT2D eigenvalue weighted by Gasteiger charge is -2.18. The first kappa shape index (κ1) is 13.8. The van der Waals surface area contributed by atoms with Crippen LogP contribution >= 0.6 is 0 Å². The lowest BCUT2D eigenvalue weighted by atomic mass is 9.88. The molecule has 0 saturated heterocycles. The molecule has 0 aromatic heterocycles. The van der Waals surface area contributed by atoms with Crippen molar-refractivity contribution in [2.24, 2.45) is 5.41 Å². The van der Waals surface area contributed by atoms with Gasteiger partial charge < -0.3 is 9.53 Å². The second-order valence-electron chi connectivity index (χ2n) is 5.79. The fourth-order valence-electron chi connectivity index (χ4n) is 2.25. The number of fused-ring (bicyclic) bond motifs is 1. The van der Waals surface area contributed by atoms with Gasteiger partial charge in [0.15, 0.2) is 0 Å². The van der Waals surface area contributed by atoms with Crippen LogP contribution < -0.4 is 4.74 Å². The molecular weight excluding hydrogens is 243 g/mol. The van der Waals surface area contributed by atoms with Gasteiger partial charge in [-0.25, -0.2) is 4.39 Å². The van der Waals surface area contributed by atoms with Crippen molar-refractivity contribution in [3.8, 4) is 5.75 Å². The molecule has 0 radical (unpaired) electrons. The molecule has 1 aromatic carbocycles. The van der Waals surface area contributed by atoms with E-state index in [1.165, 1.54) is 12.1 Å². The molecule has 0 atom stereocenters. The number of rotatable bonds is 3. The Kier molecular flexibility index (Phi) is 3.74. The van der Waals surface area contributed by atoms with Crippen LogP contribution in [0.2, 0.25) is 0 Å². The molecule has 2 nitrogen and oxygen atoms in total. The number of hydrogen-bond donors (Lipinski definition) is 0. The van der Waals surface area contributed by atoms with Crippen LogP contribution in [0.5, 0.6) is 5.75 Å². The zero-order valence-electron chi connectivity index (χ0n) is 11.6. The van der Waals surface area contributed by atoms with E-state index < -0.39 is 0 Å². The number of carbonyl (C=O) groups excluding carboxylic acids is 1. The summed E-state index contributed by atoms with van der Waals surface area (Å²) >= 11 is 0. The molecule has 0 N–H and O–H groups in total. The first-order chi connectivity index (χ1) is 8.87. The zero-order valence-corrected chi connectivity index (χ0v) is 11.6. The Morgan fingerprint density at radius 2 is 2.16 bits per heavy atom. The van der Waals surface area contributed by atoms with Gasteiger partial charge in [0.2, 0.25) is 0 Å². The van der Waals surface area contributed by atoms with Crippen molar-refractivity contribution in [2.45, 2.75) is 33.6 Å². The van der Waals surface area contributed by atoms with Crippen LogP contribution in [0.15, 0.2) is 24.3 Å². The van der Waals surface area contributed by atoms with Gasteiger partial charge in [-0.2, -0.15) is 0 Å². The third kappa shape index (κ3) is 3.43. The molecule has 0 aliphatic carbocycles. The van der Waals surface area contributed by atoms with Crippen molar-refractivity contribution >= 4 is 11.4 Å². The Hall–Kier alpha value is -1.64. The summed E-state index contributed by atoms with van der Waals surface area (Å²) in [6, 6.07) is 4.55. The second kappa shape index (κ2) is 5.16. The summed E-state index contributed by atoms with van der Waals surface area (Å²) in [5.41, 5.74) is 1.64. The van der Waals surface area contributed by atoms with Gasteiger partial charge in [0.1, 0.15) is 17.3 Å². The number of ether oxygens (including phenoxy) is 1. The Morgan fingerprint density at radius 1 is 1.42 bits per heavy atom. The molecule has 0 saturated carbocycles. The average Bonchev–Trinajstić information content (AvgIpc) is 2.44. The van der Waals surface area contributed by atoms with E-state index in [4.69, 9.17) is 4.74 Å². The third-order valence-electron chi connectivity index (χ3n) is 3.20. The zero-order chi connectivity index (χ0) is 14.0. The molecule has 3 heteroatoms. The van der Waals surface area contributed by atoms with Crippen LogP contribution in [0.4, 0.5) is 4.39 Å². The summed E-state index contributed by atoms with van der Waals surface area (Å²) in [7, 11) is 0. The number of carbonyl (C=O) groups is 1. The summed E-state index contributed by atoms with van der Waals surface area (Å²) in [5.74, 6) is 0.555. The molecule has 1 aliphatic rings. The molecule has 19 heavy (non-hydrogen) atoms. The van der Waals surface area contributed by atoms with Crippen molar-refractivity contribution in [2.75, 3.05) is 6.61 Å². The van der Waals surface area contributed by atoms with Crippen molar-refractivity contribution in [1.29, 1.82) is 0 Å². The molecule has 2 rings (SSSR count). The summed E-state index contributed by atoms with van der Waals surface area (Å²) in [5, 5.41) is 0. The van der Waals surface area contributed by atoms with E-state index in [1.54, 1.807) is 13.0 Å². The standard InChI is InChI=1S/C16H19FO2/c1-11(18)4-5-12-9-16(2,3)10-19-15-7-6-13(17)8-14(12)15/h6-9H,4-5,10H2,1-3H3. The first-order valence-electron chi connectivity index (χ1n) is 6.51. The van der Waals surface area contributed by atoms with Crippen LogP contribution in [-0.4, -0.2) is 12.4 Å². The van der Waals surface area contributed by atoms with Crippen LogP contribution in [0.1, 0.15) is 39.2 Å². The van der Waals surface area contributed by atoms with Crippen molar-refractivity contribution in [3.63, 3.8) is 0 Å². The van der Waals surface area contributed by atoms with Crippen molar-refractivity contribution in [3.05, 3.63) is 35.7 Å². The number of Topliss-reactive ketones (excluding diaryl/α,β-unsaturated/α-hetero) is 1. The topological polar surface area (TPSA) is 26.3 Å². The minimum absolute atomic E-state index is 0.123. The fraction of sp³-hybridized carbons (Fsp3) is 0.438. The lowest BCUT2D eigenvalue weighted by Crippen LogP contribution is -2.17. The van der Waals surface area contributed by atoms with Gasteiger partial charge in [-0.15, -0.1) is 0 Å². The van der Waals surface area contributed by atoms with Crippen LogP contribution in [0.3, 0.4) is 0 Å². The highest BCUT2D eigenvalue weighted by atomic mass is 19.1. The van der Waals surface area contributed by atoms with Crippen LogP contribution in [-0.2, 0) is 4.79 Å². The normalized spacial score (nSPS) is 16.9. The van der Waals surface area contributed by atoms with Gasteiger partial charge in [0.25, 0.3) is 0 Å². The molecular formula is C16H19FO2. The summed E-state index contributed by atoms with van der Waals surface area (Å²) in [4.78, 5) is 11.2. The molecule has 1 aromatic rings. The van der Waals surface area contributed by atoms with Gasteiger partial charge >= 0.3 is 0 Å².